The molecule has 0 N–H and O–H groups in total. The smallest absolute Gasteiger partial charge is 0.409 e. The third kappa shape index (κ3) is 3.21. The maximum absolute atomic E-state index is 10.5. The zero-order valence-corrected chi connectivity index (χ0v) is 9.66. The average Bonchev–Trinajstić information content (AvgIpc) is 2.01. The van der Waals surface area contributed by atoms with E-state index in [-0.39, 0.29) is 11.3 Å². The van der Waals surface area contributed by atoms with Crippen LogP contribution in [0, 0.1) is 0 Å². The molecule has 0 atom stereocenters. The van der Waals surface area contributed by atoms with E-state index in [4.69, 9.17) is 46.4 Å². The first-order valence-electron chi connectivity index (χ1n) is 3.45. The molecule has 2 nitrogen and oxygen atoms in total. The van der Waals surface area contributed by atoms with Crippen molar-refractivity contribution >= 4 is 51.8 Å². The summed E-state index contributed by atoms with van der Waals surface area (Å²) in [7, 11) is 0. The molecule has 0 saturated heterocycles. The van der Waals surface area contributed by atoms with Crippen LogP contribution in [0.3, 0.4) is 0 Å². The van der Waals surface area contributed by atoms with E-state index in [1.807, 2.05) is 0 Å². The quantitative estimate of drug-likeness (QED) is 0.565. The Bertz CT molecular complexity index is 345. The Morgan fingerprint density at radius 1 is 1.21 bits per heavy atom. The van der Waals surface area contributed by atoms with Gasteiger partial charge in [-0.25, -0.2) is 4.79 Å². The van der Waals surface area contributed by atoms with E-state index < -0.39 is 9.22 Å². The van der Waals surface area contributed by atoms with E-state index in [0.717, 1.165) is 0 Å². The fraction of sp³-hybridized carbons (Fsp3) is 0.125. The largest absolute Gasteiger partial charge is 0.414 e. The van der Waals surface area contributed by atoms with E-state index in [2.05, 4.69) is 4.74 Å². The van der Waals surface area contributed by atoms with Crippen LogP contribution in [0.4, 0.5) is 4.79 Å². The van der Waals surface area contributed by atoms with Crippen LogP contribution in [0.1, 0.15) is 5.56 Å². The lowest BCUT2D eigenvalue weighted by Gasteiger charge is -2.14. The van der Waals surface area contributed by atoms with Gasteiger partial charge in [0.05, 0.1) is 0 Å². The molecule has 0 aliphatic heterocycles. The molecule has 0 heterocycles. The second kappa shape index (κ2) is 4.58. The van der Waals surface area contributed by atoms with Gasteiger partial charge in [0, 0.05) is 17.2 Å². The molecule has 0 aromatic heterocycles. The molecule has 0 radical (unpaired) electrons. The standard InChI is InChI=1S/C8H4Cl4O2/c9-7(13)14-6-4-2-1-3-5(6)8(10,11)12/h1-4H. The van der Waals surface area contributed by atoms with Crippen molar-refractivity contribution in [3.8, 4) is 5.75 Å². The molecule has 0 aliphatic carbocycles. The monoisotopic (exact) mass is 272 g/mol. The van der Waals surface area contributed by atoms with Gasteiger partial charge in [-0.05, 0) is 6.07 Å². The number of hydrogen-bond acceptors (Lipinski definition) is 2. The molecule has 1 aromatic carbocycles. The van der Waals surface area contributed by atoms with Crippen molar-refractivity contribution in [1.82, 2.24) is 0 Å². The first-order chi connectivity index (χ1) is 6.41. The van der Waals surface area contributed by atoms with Crippen molar-refractivity contribution < 1.29 is 9.53 Å². The summed E-state index contributed by atoms with van der Waals surface area (Å²) in [6.45, 7) is 0. The summed E-state index contributed by atoms with van der Waals surface area (Å²) in [6, 6.07) is 6.30. The van der Waals surface area contributed by atoms with Crippen LogP contribution in [-0.4, -0.2) is 5.43 Å². The van der Waals surface area contributed by atoms with E-state index in [1.54, 1.807) is 12.1 Å². The molecule has 6 heteroatoms. The predicted molar refractivity (Wildman–Crippen MR) is 57.6 cm³/mol. The number of ether oxygens (including phenoxy) is 1. The van der Waals surface area contributed by atoms with E-state index in [9.17, 15) is 4.79 Å². The van der Waals surface area contributed by atoms with Gasteiger partial charge < -0.3 is 4.74 Å². The van der Waals surface area contributed by atoms with Crippen LogP contribution in [0.5, 0.6) is 5.75 Å². The second-order valence-electron chi connectivity index (χ2n) is 2.33. The first kappa shape index (κ1) is 11.9. The molecule has 1 aromatic rings. The number of alkyl halides is 3. The van der Waals surface area contributed by atoms with Crippen LogP contribution in [-0.2, 0) is 3.79 Å². The number of carbonyl (C=O) groups excluding carboxylic acids is 1. The van der Waals surface area contributed by atoms with Crippen LogP contribution in [0.15, 0.2) is 24.3 Å². The fourth-order valence-corrected chi connectivity index (χ4v) is 1.43. The van der Waals surface area contributed by atoms with Crippen LogP contribution >= 0.6 is 46.4 Å². The number of para-hydroxylation sites is 1. The van der Waals surface area contributed by atoms with Gasteiger partial charge >= 0.3 is 5.43 Å². The summed E-state index contributed by atoms with van der Waals surface area (Å²) in [5, 5.41) is 0. The summed E-state index contributed by atoms with van der Waals surface area (Å²) in [5.41, 5.74) is -0.717. The molecule has 0 unspecified atom stereocenters. The van der Waals surface area contributed by atoms with Gasteiger partial charge in [-0.15, -0.1) is 0 Å². The number of carbonyl (C=O) groups is 1. The van der Waals surface area contributed by atoms with Crippen molar-refractivity contribution in [3.05, 3.63) is 29.8 Å². The van der Waals surface area contributed by atoms with Gasteiger partial charge in [-0.3, -0.25) is 0 Å². The third-order valence-corrected chi connectivity index (χ3v) is 2.07. The Labute approximate surface area is 101 Å². The molecule has 0 amide bonds. The van der Waals surface area contributed by atoms with E-state index in [1.165, 1.54) is 12.1 Å². The summed E-state index contributed by atoms with van der Waals surface area (Å²) < 4.78 is 3.00. The van der Waals surface area contributed by atoms with Crippen LogP contribution in [0.25, 0.3) is 0 Å². The SMILES string of the molecule is O=C(Cl)Oc1ccccc1C(Cl)(Cl)Cl. The maximum Gasteiger partial charge on any atom is 0.409 e. The topological polar surface area (TPSA) is 26.3 Å². The van der Waals surface area contributed by atoms with Crippen molar-refractivity contribution in [1.29, 1.82) is 0 Å². The Morgan fingerprint density at radius 3 is 2.29 bits per heavy atom. The highest BCUT2D eigenvalue weighted by Crippen LogP contribution is 2.42. The van der Waals surface area contributed by atoms with Gasteiger partial charge in [0.25, 0.3) is 0 Å². The molecule has 14 heavy (non-hydrogen) atoms. The molecule has 0 spiro atoms. The Hall–Kier alpha value is -0.150. The lowest BCUT2D eigenvalue weighted by molar-refractivity contribution is 0.225. The highest BCUT2D eigenvalue weighted by atomic mass is 35.6. The number of rotatable bonds is 1. The minimum absolute atomic E-state index is 0.132. The number of benzene rings is 1. The summed E-state index contributed by atoms with van der Waals surface area (Å²) in [5.74, 6) is 0.132. The van der Waals surface area contributed by atoms with Gasteiger partial charge in [-0.2, -0.15) is 0 Å². The minimum atomic E-state index is -1.65. The molecule has 0 bridgehead atoms. The lowest BCUT2D eigenvalue weighted by atomic mass is 10.2. The minimum Gasteiger partial charge on any atom is -0.414 e. The van der Waals surface area contributed by atoms with Crippen molar-refractivity contribution in [2.24, 2.45) is 0 Å². The summed E-state index contributed by atoms with van der Waals surface area (Å²) >= 11 is 22.0. The maximum atomic E-state index is 10.5. The van der Waals surface area contributed by atoms with Crippen molar-refractivity contribution in [3.63, 3.8) is 0 Å². The van der Waals surface area contributed by atoms with Crippen molar-refractivity contribution in [2.75, 3.05) is 0 Å². The summed E-state index contributed by atoms with van der Waals surface area (Å²) in [6.07, 6.45) is 0. The first-order valence-corrected chi connectivity index (χ1v) is 4.96. The predicted octanol–water partition coefficient (Wildman–Crippen LogP) is 4.25. The van der Waals surface area contributed by atoms with Crippen molar-refractivity contribution in [2.45, 2.75) is 3.79 Å². The molecular formula is C8H4Cl4O2. The lowest BCUT2D eigenvalue weighted by Crippen LogP contribution is -2.06. The van der Waals surface area contributed by atoms with Gasteiger partial charge in [0.1, 0.15) is 5.75 Å². The molecule has 0 fully saturated rings. The highest BCUT2D eigenvalue weighted by molar-refractivity contribution is 6.67. The van der Waals surface area contributed by atoms with E-state index in [0.29, 0.717) is 0 Å². The highest BCUT2D eigenvalue weighted by Gasteiger charge is 2.27. The zero-order valence-electron chi connectivity index (χ0n) is 6.64. The number of halogens is 4. The van der Waals surface area contributed by atoms with E-state index >= 15 is 0 Å². The van der Waals surface area contributed by atoms with Crippen LogP contribution in [0.2, 0.25) is 0 Å². The van der Waals surface area contributed by atoms with Gasteiger partial charge in [0.15, 0.2) is 0 Å². The summed E-state index contributed by atoms with van der Waals surface area (Å²) in [4.78, 5) is 10.5. The Balaban J connectivity index is 3.10. The Kier molecular flexibility index (Phi) is 3.90. The van der Waals surface area contributed by atoms with Gasteiger partial charge in [0.2, 0.25) is 3.79 Å². The Morgan fingerprint density at radius 2 is 1.79 bits per heavy atom. The molecule has 0 aliphatic rings. The molecule has 76 valence electrons. The van der Waals surface area contributed by atoms with Crippen LogP contribution < -0.4 is 4.74 Å². The average molecular weight is 274 g/mol. The molecule has 1 rings (SSSR count). The third-order valence-electron chi connectivity index (χ3n) is 1.38. The second-order valence-corrected chi connectivity index (χ2v) is 4.92. The normalized spacial score (nSPS) is 11.1. The van der Waals surface area contributed by atoms with Gasteiger partial charge in [-0.1, -0.05) is 53.0 Å². The molecule has 0 saturated carbocycles. The molecular weight excluding hydrogens is 270 g/mol. The zero-order chi connectivity index (χ0) is 10.8. The fourth-order valence-electron chi connectivity index (χ4n) is 0.876. The number of hydrogen-bond donors (Lipinski definition) is 0.